The minimum absolute atomic E-state index is 1.14. The third-order valence-corrected chi connectivity index (χ3v) is 9.93. The minimum Gasteiger partial charge on any atom is -0.310 e. The number of fused-ring (bicyclic) bond motifs is 7. The van der Waals surface area contributed by atoms with Gasteiger partial charge in [0, 0.05) is 36.9 Å². The lowest BCUT2D eigenvalue weighted by atomic mass is 9.98. The van der Waals surface area contributed by atoms with E-state index in [0.29, 0.717) is 0 Å². The highest BCUT2D eigenvalue weighted by Crippen LogP contribution is 2.45. The summed E-state index contributed by atoms with van der Waals surface area (Å²) in [7, 11) is 0. The number of rotatable bonds is 4. The Labute approximate surface area is 259 Å². The maximum Gasteiger partial charge on any atom is 0.0546 e. The van der Waals surface area contributed by atoms with Gasteiger partial charge in [-0.25, -0.2) is 0 Å². The lowest BCUT2D eigenvalue weighted by molar-refractivity contribution is 1.31. The van der Waals surface area contributed by atoms with Crippen LogP contribution < -0.4 is 4.90 Å². The fraction of sp³-hybridized carbons (Fsp3) is 0. The molecule has 0 amide bonds. The van der Waals surface area contributed by atoms with Crippen molar-refractivity contribution >= 4 is 80.9 Å². The monoisotopic (exact) mass is 577 g/mol. The number of nitrogens with zero attached hydrogens (tertiary/aromatic N) is 1. The van der Waals surface area contributed by atoms with Crippen molar-refractivity contribution in [3.05, 3.63) is 164 Å². The van der Waals surface area contributed by atoms with Crippen molar-refractivity contribution < 1.29 is 0 Å². The van der Waals surface area contributed by atoms with Gasteiger partial charge in [0.1, 0.15) is 0 Å². The normalized spacial score (nSPS) is 11.6. The summed E-state index contributed by atoms with van der Waals surface area (Å²) in [5.74, 6) is 0. The molecular formula is C42H27NS. The molecule has 0 radical (unpaired) electrons. The first kappa shape index (κ1) is 25.1. The van der Waals surface area contributed by atoms with E-state index in [1.54, 1.807) is 0 Å². The van der Waals surface area contributed by atoms with Gasteiger partial charge in [0.2, 0.25) is 0 Å². The zero-order valence-corrected chi connectivity index (χ0v) is 24.8. The number of benzene rings is 8. The highest BCUT2D eigenvalue weighted by molar-refractivity contribution is 7.25. The van der Waals surface area contributed by atoms with Gasteiger partial charge < -0.3 is 4.90 Å². The molecule has 0 spiro atoms. The van der Waals surface area contributed by atoms with E-state index in [4.69, 9.17) is 0 Å². The van der Waals surface area contributed by atoms with E-state index in [1.807, 2.05) is 11.3 Å². The molecule has 1 heterocycles. The molecule has 0 aliphatic heterocycles. The second-order valence-corrected chi connectivity index (χ2v) is 12.5. The molecule has 0 saturated carbocycles. The maximum absolute atomic E-state index is 2.45. The third-order valence-electron chi connectivity index (χ3n) is 8.79. The van der Waals surface area contributed by atoms with E-state index in [0.717, 1.165) is 11.4 Å². The van der Waals surface area contributed by atoms with Crippen molar-refractivity contribution in [2.45, 2.75) is 0 Å². The quantitative estimate of drug-likeness (QED) is 0.188. The van der Waals surface area contributed by atoms with Gasteiger partial charge >= 0.3 is 0 Å². The smallest absolute Gasteiger partial charge is 0.0546 e. The largest absolute Gasteiger partial charge is 0.310 e. The second kappa shape index (κ2) is 10.1. The van der Waals surface area contributed by atoms with Crippen LogP contribution in [0.4, 0.5) is 17.1 Å². The molecule has 0 bridgehead atoms. The highest BCUT2D eigenvalue weighted by atomic mass is 32.1. The molecule has 0 atom stereocenters. The predicted octanol–water partition coefficient (Wildman–Crippen LogP) is 12.7. The third kappa shape index (κ3) is 4.07. The van der Waals surface area contributed by atoms with Crippen LogP contribution >= 0.6 is 11.3 Å². The Morgan fingerprint density at radius 2 is 1.00 bits per heavy atom. The molecule has 1 aromatic heterocycles. The molecule has 0 unspecified atom stereocenters. The molecule has 2 heteroatoms. The van der Waals surface area contributed by atoms with Gasteiger partial charge in [0.25, 0.3) is 0 Å². The van der Waals surface area contributed by atoms with Crippen LogP contribution in [0.5, 0.6) is 0 Å². The summed E-state index contributed by atoms with van der Waals surface area (Å²) in [6, 6.07) is 59.9. The first-order valence-electron chi connectivity index (χ1n) is 15.0. The molecule has 9 rings (SSSR count). The van der Waals surface area contributed by atoms with Gasteiger partial charge in [-0.15, -0.1) is 11.3 Å². The lowest BCUT2D eigenvalue weighted by Crippen LogP contribution is -2.10. The molecule has 8 aromatic carbocycles. The van der Waals surface area contributed by atoms with Crippen LogP contribution in [0.2, 0.25) is 0 Å². The van der Waals surface area contributed by atoms with Gasteiger partial charge in [-0.1, -0.05) is 121 Å². The summed E-state index contributed by atoms with van der Waals surface area (Å²) in [6.45, 7) is 0. The molecule has 0 aliphatic rings. The van der Waals surface area contributed by atoms with Crippen LogP contribution in [0.15, 0.2) is 164 Å². The summed E-state index contributed by atoms with van der Waals surface area (Å²) in [4.78, 5) is 2.45. The van der Waals surface area contributed by atoms with Crippen LogP contribution in [0.1, 0.15) is 0 Å². The molecule has 1 nitrogen and oxygen atoms in total. The summed E-state index contributed by atoms with van der Waals surface area (Å²) in [6.07, 6.45) is 0. The Kier molecular flexibility index (Phi) is 5.75. The average molecular weight is 578 g/mol. The summed E-state index contributed by atoms with van der Waals surface area (Å²) >= 11 is 1.86. The summed E-state index contributed by atoms with van der Waals surface area (Å²) in [5, 5.41) is 10.1. The van der Waals surface area contributed by atoms with Gasteiger partial charge in [0.15, 0.2) is 0 Å². The van der Waals surface area contributed by atoms with E-state index in [2.05, 4.69) is 169 Å². The maximum atomic E-state index is 2.45. The number of anilines is 3. The molecule has 44 heavy (non-hydrogen) atoms. The highest BCUT2D eigenvalue weighted by Gasteiger charge is 2.19. The van der Waals surface area contributed by atoms with Gasteiger partial charge in [-0.2, -0.15) is 0 Å². The predicted molar refractivity (Wildman–Crippen MR) is 192 cm³/mol. The molecule has 0 N–H and O–H groups in total. The molecule has 0 fully saturated rings. The molecular weight excluding hydrogens is 551 g/mol. The summed E-state index contributed by atoms with van der Waals surface area (Å²) < 4.78 is 2.62. The number of thiophene rings is 1. The van der Waals surface area contributed by atoms with Crippen molar-refractivity contribution in [2.75, 3.05) is 4.90 Å². The van der Waals surface area contributed by atoms with Gasteiger partial charge in [-0.3, -0.25) is 0 Å². The zero-order valence-electron chi connectivity index (χ0n) is 23.9. The van der Waals surface area contributed by atoms with Crippen LogP contribution in [0, 0.1) is 0 Å². The fourth-order valence-electron chi connectivity index (χ4n) is 6.69. The minimum atomic E-state index is 1.14. The Bertz CT molecular complexity index is 2520. The van der Waals surface area contributed by atoms with Crippen molar-refractivity contribution in [1.82, 2.24) is 0 Å². The van der Waals surface area contributed by atoms with Crippen LogP contribution in [-0.4, -0.2) is 0 Å². The van der Waals surface area contributed by atoms with Gasteiger partial charge in [0.05, 0.1) is 5.69 Å². The lowest BCUT2D eigenvalue weighted by Gasteiger charge is -2.28. The van der Waals surface area contributed by atoms with Crippen LogP contribution in [-0.2, 0) is 0 Å². The molecule has 9 aromatic rings. The average Bonchev–Trinajstić information content (AvgIpc) is 3.46. The number of hydrogen-bond acceptors (Lipinski definition) is 2. The molecule has 0 aliphatic carbocycles. The van der Waals surface area contributed by atoms with E-state index < -0.39 is 0 Å². The fourth-order valence-corrected chi connectivity index (χ4v) is 7.83. The Hall–Kier alpha value is -5.44. The first-order valence-corrected chi connectivity index (χ1v) is 15.8. The Morgan fingerprint density at radius 1 is 0.341 bits per heavy atom. The summed E-state index contributed by atoms with van der Waals surface area (Å²) in [5.41, 5.74) is 5.88. The van der Waals surface area contributed by atoms with Gasteiger partial charge in [-0.05, 0) is 80.5 Å². The van der Waals surface area contributed by atoms with Crippen molar-refractivity contribution in [1.29, 1.82) is 0 Å². The standard InChI is InChI=1S/C42H27NS/c1-2-11-29-24-31(21-20-28(29)10-1)30-13-9-14-33(25-30)43(34-22-23-39-38-18-7-8-19-41(38)44-42(39)27-34)40-26-32-12-3-4-15-35(32)36-16-5-6-17-37(36)40/h1-27H. The zero-order chi connectivity index (χ0) is 29.0. The van der Waals surface area contributed by atoms with E-state index >= 15 is 0 Å². The van der Waals surface area contributed by atoms with Crippen LogP contribution in [0.25, 0.3) is 63.6 Å². The molecule has 0 saturated heterocycles. The van der Waals surface area contributed by atoms with Crippen molar-refractivity contribution in [3.8, 4) is 11.1 Å². The molecule has 206 valence electrons. The first-order chi connectivity index (χ1) is 21.8. The second-order valence-electron chi connectivity index (χ2n) is 11.4. The van der Waals surface area contributed by atoms with E-state index in [1.165, 1.54) is 69.3 Å². The Morgan fingerprint density at radius 3 is 1.89 bits per heavy atom. The SMILES string of the molecule is c1cc(-c2ccc3ccccc3c2)cc(N(c2ccc3c(c2)sc2ccccc23)c2cc3ccccc3c3ccccc23)c1. The van der Waals surface area contributed by atoms with E-state index in [-0.39, 0.29) is 0 Å². The Balaban J connectivity index is 1.30. The van der Waals surface area contributed by atoms with Crippen molar-refractivity contribution in [2.24, 2.45) is 0 Å². The van der Waals surface area contributed by atoms with Crippen molar-refractivity contribution in [3.63, 3.8) is 0 Å². The topological polar surface area (TPSA) is 3.24 Å². The van der Waals surface area contributed by atoms with Crippen LogP contribution in [0.3, 0.4) is 0 Å². The number of hydrogen-bond donors (Lipinski definition) is 0. The van der Waals surface area contributed by atoms with E-state index in [9.17, 15) is 0 Å².